The topological polar surface area (TPSA) is 39.1 Å². The second-order valence-electron chi connectivity index (χ2n) is 6.21. The number of alkyl halides is 3. The molecular formula is C17H20F3N3O. The highest BCUT2D eigenvalue weighted by molar-refractivity contribution is 5.19. The Morgan fingerprint density at radius 2 is 1.96 bits per heavy atom. The third kappa shape index (κ3) is 3.56. The highest BCUT2D eigenvalue weighted by atomic mass is 19.4. The van der Waals surface area contributed by atoms with Gasteiger partial charge in [-0.1, -0.05) is 30.3 Å². The van der Waals surface area contributed by atoms with Gasteiger partial charge >= 0.3 is 6.18 Å². The number of rotatable bonds is 7. The summed E-state index contributed by atoms with van der Waals surface area (Å²) in [7, 11) is 1.77. The first kappa shape index (κ1) is 16.8. The van der Waals surface area contributed by atoms with Gasteiger partial charge in [-0.05, 0) is 25.5 Å². The van der Waals surface area contributed by atoms with Crippen LogP contribution in [0.5, 0.6) is 5.88 Å². The zero-order valence-corrected chi connectivity index (χ0v) is 13.4. The SMILES string of the molecule is CNCc1cc(OCc2ccccc2)n(CC2(C(F)(F)F)CC2)n1. The Bertz CT molecular complexity index is 678. The van der Waals surface area contributed by atoms with E-state index < -0.39 is 11.6 Å². The normalized spacial score (nSPS) is 16.2. The van der Waals surface area contributed by atoms with Crippen molar-refractivity contribution in [3.8, 4) is 5.88 Å². The Hall–Kier alpha value is -2.02. The first-order chi connectivity index (χ1) is 11.4. The van der Waals surface area contributed by atoms with Crippen molar-refractivity contribution in [1.29, 1.82) is 0 Å². The summed E-state index contributed by atoms with van der Waals surface area (Å²) in [6.45, 7) is 0.586. The highest BCUT2D eigenvalue weighted by Gasteiger charge is 2.63. The summed E-state index contributed by atoms with van der Waals surface area (Å²) in [5.74, 6) is 0.375. The number of halogens is 3. The van der Waals surface area contributed by atoms with Gasteiger partial charge in [0.15, 0.2) is 0 Å². The molecule has 4 nitrogen and oxygen atoms in total. The quantitative estimate of drug-likeness (QED) is 0.839. The average Bonchev–Trinajstić information content (AvgIpc) is 3.23. The van der Waals surface area contributed by atoms with Crippen LogP contribution >= 0.6 is 0 Å². The molecule has 1 heterocycles. The Morgan fingerprint density at radius 3 is 2.54 bits per heavy atom. The largest absolute Gasteiger partial charge is 0.473 e. The van der Waals surface area contributed by atoms with Gasteiger partial charge in [0.25, 0.3) is 0 Å². The Labute approximate surface area is 138 Å². The fourth-order valence-electron chi connectivity index (χ4n) is 2.65. The van der Waals surface area contributed by atoms with Crippen molar-refractivity contribution in [1.82, 2.24) is 15.1 Å². The Morgan fingerprint density at radius 1 is 1.25 bits per heavy atom. The van der Waals surface area contributed by atoms with E-state index in [1.165, 1.54) is 4.68 Å². The highest BCUT2D eigenvalue weighted by Crippen LogP contribution is 2.58. The molecule has 3 rings (SSSR count). The summed E-state index contributed by atoms with van der Waals surface area (Å²) in [6.07, 6.45) is -3.91. The monoisotopic (exact) mass is 339 g/mol. The van der Waals surface area contributed by atoms with E-state index in [4.69, 9.17) is 4.74 Å². The average molecular weight is 339 g/mol. The zero-order valence-electron chi connectivity index (χ0n) is 13.4. The molecule has 0 amide bonds. The molecule has 1 N–H and O–H groups in total. The van der Waals surface area contributed by atoms with Gasteiger partial charge in [-0.25, -0.2) is 4.68 Å². The molecule has 1 aliphatic carbocycles. The van der Waals surface area contributed by atoms with Gasteiger partial charge in [-0.2, -0.15) is 18.3 Å². The number of benzene rings is 1. The minimum Gasteiger partial charge on any atom is -0.473 e. The molecule has 0 spiro atoms. The molecule has 0 radical (unpaired) electrons. The van der Waals surface area contributed by atoms with Crippen molar-refractivity contribution in [3.05, 3.63) is 47.7 Å². The van der Waals surface area contributed by atoms with E-state index in [1.54, 1.807) is 13.1 Å². The van der Waals surface area contributed by atoms with Crippen molar-refractivity contribution in [2.75, 3.05) is 7.05 Å². The molecule has 130 valence electrons. The maximum atomic E-state index is 13.2. The van der Waals surface area contributed by atoms with Crippen molar-refractivity contribution in [2.45, 2.75) is 38.7 Å². The van der Waals surface area contributed by atoms with Crippen LogP contribution in [0.2, 0.25) is 0 Å². The molecule has 0 atom stereocenters. The van der Waals surface area contributed by atoms with Gasteiger partial charge in [0, 0.05) is 12.6 Å². The van der Waals surface area contributed by atoms with Crippen LogP contribution in [-0.2, 0) is 19.7 Å². The predicted octanol–water partition coefficient (Wildman–Crippen LogP) is 3.52. The van der Waals surface area contributed by atoms with E-state index in [0.717, 1.165) is 5.56 Å². The van der Waals surface area contributed by atoms with Crippen LogP contribution in [-0.4, -0.2) is 23.0 Å². The molecule has 1 fully saturated rings. The van der Waals surface area contributed by atoms with Crippen molar-refractivity contribution < 1.29 is 17.9 Å². The number of aromatic nitrogens is 2. The minimum atomic E-state index is -4.21. The molecule has 2 aromatic rings. The first-order valence-electron chi connectivity index (χ1n) is 7.88. The van der Waals surface area contributed by atoms with Crippen LogP contribution in [0.3, 0.4) is 0 Å². The summed E-state index contributed by atoms with van der Waals surface area (Å²) in [5.41, 5.74) is -0.0308. The summed E-state index contributed by atoms with van der Waals surface area (Å²) < 4.78 is 46.8. The molecule has 1 aliphatic rings. The molecule has 1 aromatic heterocycles. The summed E-state index contributed by atoms with van der Waals surface area (Å²) in [6, 6.07) is 11.2. The van der Waals surface area contributed by atoms with E-state index in [2.05, 4.69) is 10.4 Å². The third-order valence-electron chi connectivity index (χ3n) is 4.29. The summed E-state index contributed by atoms with van der Waals surface area (Å²) >= 11 is 0. The lowest BCUT2D eigenvalue weighted by Gasteiger charge is -2.20. The van der Waals surface area contributed by atoms with Gasteiger partial charge in [-0.3, -0.25) is 0 Å². The van der Waals surface area contributed by atoms with Crippen LogP contribution in [0.25, 0.3) is 0 Å². The van der Waals surface area contributed by atoms with Crippen molar-refractivity contribution in [3.63, 3.8) is 0 Å². The predicted molar refractivity (Wildman–Crippen MR) is 83.5 cm³/mol. The number of hydrogen-bond acceptors (Lipinski definition) is 3. The number of hydrogen-bond donors (Lipinski definition) is 1. The van der Waals surface area contributed by atoms with Gasteiger partial charge in [0.05, 0.1) is 17.7 Å². The maximum Gasteiger partial charge on any atom is 0.396 e. The fraction of sp³-hybridized carbons (Fsp3) is 0.471. The lowest BCUT2D eigenvalue weighted by molar-refractivity contribution is -0.191. The van der Waals surface area contributed by atoms with E-state index in [9.17, 15) is 13.2 Å². The summed E-state index contributed by atoms with van der Waals surface area (Å²) in [4.78, 5) is 0. The van der Waals surface area contributed by atoms with Crippen molar-refractivity contribution in [2.24, 2.45) is 5.41 Å². The van der Waals surface area contributed by atoms with E-state index in [0.29, 0.717) is 24.7 Å². The van der Waals surface area contributed by atoms with Gasteiger partial charge in [0.1, 0.15) is 6.61 Å². The number of nitrogens with one attached hydrogen (secondary N) is 1. The van der Waals surface area contributed by atoms with Crippen LogP contribution in [0.4, 0.5) is 13.2 Å². The molecule has 1 saturated carbocycles. The standard InChI is InChI=1S/C17H20F3N3O/c1-21-10-14-9-15(24-11-13-5-3-2-4-6-13)23(22-14)12-16(7-8-16)17(18,19)20/h2-6,9,21H,7-8,10-12H2,1H3. The smallest absolute Gasteiger partial charge is 0.396 e. The second kappa shape index (κ2) is 6.47. The zero-order chi connectivity index (χ0) is 17.2. The van der Waals surface area contributed by atoms with Crippen LogP contribution < -0.4 is 10.1 Å². The molecule has 0 bridgehead atoms. The van der Waals surface area contributed by atoms with Gasteiger partial charge in [-0.15, -0.1) is 0 Å². The minimum absolute atomic E-state index is 0.149. The van der Waals surface area contributed by atoms with Gasteiger partial charge < -0.3 is 10.1 Å². The Kier molecular flexibility index (Phi) is 4.54. The second-order valence-corrected chi connectivity index (χ2v) is 6.21. The molecule has 0 aliphatic heterocycles. The Balaban J connectivity index is 1.77. The molecular weight excluding hydrogens is 319 g/mol. The number of nitrogens with zero attached hydrogens (tertiary/aromatic N) is 2. The first-order valence-corrected chi connectivity index (χ1v) is 7.88. The molecule has 0 saturated heterocycles. The van der Waals surface area contributed by atoms with Crippen molar-refractivity contribution >= 4 is 0 Å². The molecule has 1 aromatic carbocycles. The molecule has 24 heavy (non-hydrogen) atoms. The van der Waals surface area contributed by atoms with Gasteiger partial charge in [0.2, 0.25) is 5.88 Å². The third-order valence-corrected chi connectivity index (χ3v) is 4.29. The lowest BCUT2D eigenvalue weighted by Crippen LogP contribution is -2.30. The molecule has 0 unspecified atom stereocenters. The lowest BCUT2D eigenvalue weighted by atomic mass is 10.1. The van der Waals surface area contributed by atoms with Crippen LogP contribution in [0, 0.1) is 5.41 Å². The van der Waals surface area contributed by atoms with Crippen LogP contribution in [0.15, 0.2) is 36.4 Å². The summed E-state index contributed by atoms with van der Waals surface area (Å²) in [5, 5.41) is 7.23. The molecule has 7 heteroatoms. The fourth-order valence-corrected chi connectivity index (χ4v) is 2.65. The van der Waals surface area contributed by atoms with Crippen LogP contribution in [0.1, 0.15) is 24.1 Å². The number of ether oxygens (including phenoxy) is 1. The van der Waals surface area contributed by atoms with E-state index in [-0.39, 0.29) is 19.4 Å². The maximum absolute atomic E-state index is 13.2. The van der Waals surface area contributed by atoms with E-state index >= 15 is 0 Å². The van der Waals surface area contributed by atoms with E-state index in [1.807, 2.05) is 30.3 Å².